The Bertz CT molecular complexity index is 850. The largest absolute Gasteiger partial charge is 0.497 e. The molecule has 3 rings (SSSR count). The number of benzene rings is 2. The van der Waals surface area contributed by atoms with Crippen LogP contribution in [0.2, 0.25) is 0 Å². The zero-order valence-corrected chi connectivity index (χ0v) is 16.1. The highest BCUT2D eigenvalue weighted by Crippen LogP contribution is 2.28. The first-order valence-corrected chi connectivity index (χ1v) is 10.3. The van der Waals surface area contributed by atoms with E-state index >= 15 is 0 Å². The van der Waals surface area contributed by atoms with Crippen LogP contribution in [0.3, 0.4) is 0 Å². The van der Waals surface area contributed by atoms with Gasteiger partial charge in [0.05, 0.1) is 18.6 Å². The number of rotatable bonds is 8. The van der Waals surface area contributed by atoms with Gasteiger partial charge in [-0.1, -0.05) is 42.5 Å². The van der Waals surface area contributed by atoms with E-state index < -0.39 is 0 Å². The molecule has 1 aromatic heterocycles. The third kappa shape index (κ3) is 5.34. The van der Waals surface area contributed by atoms with Gasteiger partial charge in [0.15, 0.2) is 0 Å². The summed E-state index contributed by atoms with van der Waals surface area (Å²) in [6.45, 7) is 0.566. The van der Waals surface area contributed by atoms with Crippen LogP contribution in [0.15, 0.2) is 60.0 Å². The van der Waals surface area contributed by atoms with Crippen molar-refractivity contribution >= 4 is 29.0 Å². The zero-order chi connectivity index (χ0) is 18.2. The molecule has 1 N–H and O–H groups in total. The third-order valence-corrected chi connectivity index (χ3v) is 5.59. The topological polar surface area (TPSA) is 51.2 Å². The van der Waals surface area contributed by atoms with E-state index in [1.165, 1.54) is 0 Å². The molecule has 0 spiro atoms. The summed E-state index contributed by atoms with van der Waals surface area (Å²) in [5, 5.41) is 5.95. The van der Waals surface area contributed by atoms with Crippen LogP contribution in [0.4, 0.5) is 0 Å². The first-order valence-electron chi connectivity index (χ1n) is 8.22. The van der Waals surface area contributed by atoms with E-state index in [-0.39, 0.29) is 5.91 Å². The number of amides is 1. The van der Waals surface area contributed by atoms with Crippen molar-refractivity contribution in [1.29, 1.82) is 0 Å². The number of nitrogens with one attached hydrogen (secondary N) is 1. The van der Waals surface area contributed by atoms with E-state index in [0.29, 0.717) is 12.3 Å². The van der Waals surface area contributed by atoms with E-state index in [0.717, 1.165) is 33.3 Å². The van der Waals surface area contributed by atoms with Crippen LogP contribution in [0.1, 0.15) is 11.3 Å². The summed E-state index contributed by atoms with van der Waals surface area (Å²) < 4.78 is 5.26. The summed E-state index contributed by atoms with van der Waals surface area (Å²) in [5.74, 6) is 2.02. The second kappa shape index (κ2) is 9.40. The van der Waals surface area contributed by atoms with Gasteiger partial charge in [0.2, 0.25) is 5.91 Å². The maximum atomic E-state index is 11.9. The van der Waals surface area contributed by atoms with Gasteiger partial charge < -0.3 is 10.1 Å². The number of carbonyl (C=O) groups is 1. The fourth-order valence-corrected chi connectivity index (χ4v) is 4.03. The summed E-state index contributed by atoms with van der Waals surface area (Å²) in [7, 11) is 1.66. The molecule has 0 aliphatic rings. The number of nitrogens with zero attached hydrogens (tertiary/aromatic N) is 1. The summed E-state index contributed by atoms with van der Waals surface area (Å²) in [6, 6.07) is 17.8. The Morgan fingerprint density at radius 3 is 2.85 bits per heavy atom. The first-order chi connectivity index (χ1) is 12.7. The molecule has 1 amide bonds. The maximum absolute atomic E-state index is 11.9. The van der Waals surface area contributed by atoms with E-state index in [4.69, 9.17) is 4.74 Å². The standard InChI is InChI=1S/C20H20N2O2S2/c1-24-18-9-5-8-16(10-18)20-22-17(13-26-20)12-25-14-19(23)21-11-15-6-3-2-4-7-15/h2-10,13H,11-12,14H2,1H3,(H,21,23). The highest BCUT2D eigenvalue weighted by Gasteiger charge is 2.07. The van der Waals surface area contributed by atoms with Crippen LogP contribution in [0, 0.1) is 0 Å². The van der Waals surface area contributed by atoms with Gasteiger partial charge in [-0.05, 0) is 17.7 Å². The molecule has 26 heavy (non-hydrogen) atoms. The van der Waals surface area contributed by atoms with Gasteiger partial charge in [-0.3, -0.25) is 4.79 Å². The average molecular weight is 385 g/mol. The van der Waals surface area contributed by atoms with Crippen molar-refractivity contribution in [2.75, 3.05) is 12.9 Å². The SMILES string of the molecule is COc1cccc(-c2nc(CSCC(=O)NCc3ccccc3)cs2)c1. The van der Waals surface area contributed by atoms with E-state index in [2.05, 4.69) is 10.3 Å². The number of hydrogen-bond donors (Lipinski definition) is 1. The number of hydrogen-bond acceptors (Lipinski definition) is 5. The molecule has 2 aromatic carbocycles. The second-order valence-electron chi connectivity index (χ2n) is 5.63. The lowest BCUT2D eigenvalue weighted by Crippen LogP contribution is -2.24. The van der Waals surface area contributed by atoms with Crippen molar-refractivity contribution < 1.29 is 9.53 Å². The minimum Gasteiger partial charge on any atom is -0.497 e. The Morgan fingerprint density at radius 2 is 2.04 bits per heavy atom. The number of aromatic nitrogens is 1. The molecule has 0 saturated heterocycles. The van der Waals surface area contributed by atoms with Gasteiger partial charge in [0.25, 0.3) is 0 Å². The number of ether oxygens (including phenoxy) is 1. The minimum atomic E-state index is 0.0436. The first kappa shape index (κ1) is 18.5. The molecule has 0 atom stereocenters. The molecule has 0 saturated carbocycles. The van der Waals surface area contributed by atoms with E-state index in [1.54, 1.807) is 30.2 Å². The van der Waals surface area contributed by atoms with Crippen molar-refractivity contribution in [2.45, 2.75) is 12.3 Å². The molecule has 0 aliphatic carbocycles. The molecule has 6 heteroatoms. The summed E-state index contributed by atoms with van der Waals surface area (Å²) in [6.07, 6.45) is 0. The Kier molecular flexibility index (Phi) is 6.68. The molecule has 0 aliphatic heterocycles. The number of thiazole rings is 1. The van der Waals surface area contributed by atoms with Crippen LogP contribution in [-0.2, 0) is 17.1 Å². The monoisotopic (exact) mass is 384 g/mol. The average Bonchev–Trinajstić information content (AvgIpc) is 3.16. The lowest BCUT2D eigenvalue weighted by molar-refractivity contribution is -0.118. The van der Waals surface area contributed by atoms with Crippen LogP contribution >= 0.6 is 23.1 Å². The number of thioether (sulfide) groups is 1. The van der Waals surface area contributed by atoms with Crippen LogP contribution in [0.25, 0.3) is 10.6 Å². The van der Waals surface area contributed by atoms with Crippen molar-refractivity contribution in [1.82, 2.24) is 10.3 Å². The Labute approximate surface area is 161 Å². The van der Waals surface area contributed by atoms with Crippen LogP contribution in [-0.4, -0.2) is 23.8 Å². The Hall–Kier alpha value is -2.31. The Morgan fingerprint density at radius 1 is 1.19 bits per heavy atom. The predicted molar refractivity (Wildman–Crippen MR) is 109 cm³/mol. The van der Waals surface area contributed by atoms with Crippen molar-refractivity contribution in [3.8, 4) is 16.3 Å². The van der Waals surface area contributed by atoms with Crippen molar-refractivity contribution in [2.24, 2.45) is 0 Å². The molecular weight excluding hydrogens is 364 g/mol. The minimum absolute atomic E-state index is 0.0436. The number of carbonyl (C=O) groups excluding carboxylic acids is 1. The number of methoxy groups -OCH3 is 1. The molecule has 1 heterocycles. The van der Waals surface area contributed by atoms with Gasteiger partial charge in [-0.2, -0.15) is 0 Å². The van der Waals surface area contributed by atoms with Crippen LogP contribution < -0.4 is 10.1 Å². The van der Waals surface area contributed by atoms with Gasteiger partial charge in [-0.25, -0.2) is 4.98 Å². The molecule has 4 nitrogen and oxygen atoms in total. The highest BCUT2D eigenvalue weighted by molar-refractivity contribution is 7.99. The van der Waals surface area contributed by atoms with Gasteiger partial charge in [-0.15, -0.1) is 23.1 Å². The second-order valence-corrected chi connectivity index (χ2v) is 7.47. The summed E-state index contributed by atoms with van der Waals surface area (Å²) in [4.78, 5) is 16.6. The van der Waals surface area contributed by atoms with Gasteiger partial charge in [0, 0.05) is 23.2 Å². The predicted octanol–water partition coefficient (Wildman–Crippen LogP) is 4.37. The molecule has 0 radical (unpaired) electrons. The molecule has 134 valence electrons. The smallest absolute Gasteiger partial charge is 0.230 e. The molecule has 0 bridgehead atoms. The lowest BCUT2D eigenvalue weighted by atomic mass is 10.2. The third-order valence-electron chi connectivity index (χ3n) is 3.68. The van der Waals surface area contributed by atoms with Gasteiger partial charge in [0.1, 0.15) is 10.8 Å². The van der Waals surface area contributed by atoms with Gasteiger partial charge >= 0.3 is 0 Å². The molecular formula is C20H20N2O2S2. The van der Waals surface area contributed by atoms with E-state index in [9.17, 15) is 4.79 Å². The lowest BCUT2D eigenvalue weighted by Gasteiger charge is -2.04. The summed E-state index contributed by atoms with van der Waals surface area (Å²) in [5.41, 5.74) is 3.15. The zero-order valence-electron chi connectivity index (χ0n) is 14.5. The van der Waals surface area contributed by atoms with Crippen molar-refractivity contribution in [3.63, 3.8) is 0 Å². The van der Waals surface area contributed by atoms with E-state index in [1.807, 2.05) is 60.0 Å². The van der Waals surface area contributed by atoms with Crippen molar-refractivity contribution in [3.05, 3.63) is 71.2 Å². The summed E-state index contributed by atoms with van der Waals surface area (Å²) >= 11 is 3.18. The molecule has 0 unspecified atom stereocenters. The maximum Gasteiger partial charge on any atom is 0.230 e. The van der Waals surface area contributed by atoms with Crippen LogP contribution in [0.5, 0.6) is 5.75 Å². The quantitative estimate of drug-likeness (QED) is 0.627. The molecule has 3 aromatic rings. The Balaban J connectivity index is 1.45. The highest BCUT2D eigenvalue weighted by atomic mass is 32.2. The normalized spacial score (nSPS) is 10.5. The fraction of sp³-hybridized carbons (Fsp3) is 0.200. The molecule has 0 fully saturated rings. The fourth-order valence-electron chi connectivity index (χ4n) is 2.36.